The van der Waals surface area contributed by atoms with Crippen LogP contribution in [0.25, 0.3) is 0 Å². The number of hydrogen-bond donors (Lipinski definition) is 3. The fourth-order valence-corrected chi connectivity index (χ4v) is 3.04. The standard InChI is InChI=1S/C24H30ClN3O4/c1-24(2,3)32-23(31)26-14-13-21(29)27-16-17-7-6-9-19(15-17)28-22(30)12-11-18-8-4-5-10-20(18)25/h4-10,15H,11-14,16H2,1-3H3,(H,26,31)(H,27,29)(H,28,30). The minimum atomic E-state index is -0.582. The van der Waals surface area contributed by atoms with Crippen molar-refractivity contribution in [2.75, 3.05) is 11.9 Å². The fourth-order valence-electron chi connectivity index (χ4n) is 2.81. The first-order chi connectivity index (χ1) is 15.1. The minimum absolute atomic E-state index is 0.112. The maximum Gasteiger partial charge on any atom is 0.407 e. The summed E-state index contributed by atoms with van der Waals surface area (Å²) in [6, 6.07) is 14.7. The van der Waals surface area contributed by atoms with Crippen molar-refractivity contribution in [2.45, 2.75) is 52.2 Å². The molecule has 0 radical (unpaired) electrons. The number of halogens is 1. The molecule has 8 heteroatoms. The van der Waals surface area contributed by atoms with Crippen LogP contribution in [0.5, 0.6) is 0 Å². The molecule has 0 aliphatic carbocycles. The molecule has 3 N–H and O–H groups in total. The Morgan fingerprint density at radius 3 is 2.41 bits per heavy atom. The van der Waals surface area contributed by atoms with Crippen molar-refractivity contribution >= 4 is 35.2 Å². The number of rotatable bonds is 9. The Morgan fingerprint density at radius 2 is 1.69 bits per heavy atom. The van der Waals surface area contributed by atoms with Crippen molar-refractivity contribution < 1.29 is 19.1 Å². The van der Waals surface area contributed by atoms with Crippen LogP contribution in [-0.4, -0.2) is 30.1 Å². The average Bonchev–Trinajstić information content (AvgIpc) is 2.70. The summed E-state index contributed by atoms with van der Waals surface area (Å²) < 4.78 is 5.12. The van der Waals surface area contributed by atoms with Crippen molar-refractivity contribution in [3.05, 3.63) is 64.7 Å². The lowest BCUT2D eigenvalue weighted by molar-refractivity contribution is -0.121. The van der Waals surface area contributed by atoms with Gasteiger partial charge in [0.1, 0.15) is 5.60 Å². The van der Waals surface area contributed by atoms with E-state index in [1.807, 2.05) is 36.4 Å². The van der Waals surface area contributed by atoms with E-state index in [-0.39, 0.29) is 24.8 Å². The van der Waals surface area contributed by atoms with E-state index in [1.165, 1.54) is 0 Å². The number of alkyl carbamates (subject to hydrolysis) is 1. The van der Waals surface area contributed by atoms with Crippen molar-refractivity contribution in [1.29, 1.82) is 0 Å². The van der Waals surface area contributed by atoms with Crippen LogP contribution in [0.2, 0.25) is 5.02 Å². The zero-order valence-corrected chi connectivity index (χ0v) is 19.4. The van der Waals surface area contributed by atoms with Gasteiger partial charge in [0.25, 0.3) is 0 Å². The average molecular weight is 460 g/mol. The zero-order valence-electron chi connectivity index (χ0n) is 18.7. The molecule has 0 aliphatic rings. The first kappa shape index (κ1) is 25.2. The molecule has 32 heavy (non-hydrogen) atoms. The number of aryl methyl sites for hydroxylation is 1. The van der Waals surface area contributed by atoms with Crippen LogP contribution < -0.4 is 16.0 Å². The van der Waals surface area contributed by atoms with E-state index in [2.05, 4.69) is 16.0 Å². The molecule has 0 aromatic heterocycles. The minimum Gasteiger partial charge on any atom is -0.444 e. The molecular formula is C24H30ClN3O4. The zero-order chi connectivity index (χ0) is 23.6. The highest BCUT2D eigenvalue weighted by Crippen LogP contribution is 2.17. The van der Waals surface area contributed by atoms with E-state index in [9.17, 15) is 14.4 Å². The molecule has 2 aromatic carbocycles. The van der Waals surface area contributed by atoms with Gasteiger partial charge in [0, 0.05) is 36.6 Å². The van der Waals surface area contributed by atoms with Gasteiger partial charge in [-0.15, -0.1) is 0 Å². The van der Waals surface area contributed by atoms with E-state index < -0.39 is 11.7 Å². The monoisotopic (exact) mass is 459 g/mol. The summed E-state index contributed by atoms with van der Waals surface area (Å²) in [7, 11) is 0. The first-order valence-electron chi connectivity index (χ1n) is 10.5. The number of carbonyl (C=O) groups is 3. The van der Waals surface area contributed by atoms with E-state index in [1.54, 1.807) is 32.9 Å². The Morgan fingerprint density at radius 1 is 0.938 bits per heavy atom. The maximum atomic E-state index is 12.3. The Labute approximate surface area is 193 Å². The number of carbonyl (C=O) groups excluding carboxylic acids is 3. The molecule has 2 aromatic rings. The summed E-state index contributed by atoms with van der Waals surface area (Å²) in [6.07, 6.45) is 0.453. The molecule has 0 heterocycles. The number of nitrogens with one attached hydrogen (secondary N) is 3. The van der Waals surface area contributed by atoms with Gasteiger partial charge in [-0.1, -0.05) is 41.9 Å². The van der Waals surface area contributed by atoms with E-state index in [4.69, 9.17) is 16.3 Å². The van der Waals surface area contributed by atoms with E-state index in [0.717, 1.165) is 11.1 Å². The Balaban J connectivity index is 1.73. The molecule has 0 unspecified atom stereocenters. The second-order valence-electron chi connectivity index (χ2n) is 8.30. The quantitative estimate of drug-likeness (QED) is 0.516. The van der Waals surface area contributed by atoms with Crippen LogP contribution in [0.4, 0.5) is 10.5 Å². The molecular weight excluding hydrogens is 430 g/mol. The second-order valence-corrected chi connectivity index (χ2v) is 8.70. The van der Waals surface area contributed by atoms with Gasteiger partial charge >= 0.3 is 6.09 Å². The molecule has 0 bridgehead atoms. The Bertz CT molecular complexity index is 941. The largest absolute Gasteiger partial charge is 0.444 e. The third-order valence-electron chi connectivity index (χ3n) is 4.30. The molecule has 0 aliphatic heterocycles. The van der Waals surface area contributed by atoms with Gasteiger partial charge in [-0.25, -0.2) is 4.79 Å². The van der Waals surface area contributed by atoms with Crippen LogP contribution in [0.3, 0.4) is 0 Å². The van der Waals surface area contributed by atoms with E-state index in [0.29, 0.717) is 30.1 Å². The number of anilines is 1. The molecule has 0 saturated carbocycles. The molecule has 172 valence electrons. The Kier molecular flexibility index (Phi) is 9.53. The summed E-state index contributed by atoms with van der Waals surface area (Å²) in [5.41, 5.74) is 1.86. The van der Waals surface area contributed by atoms with Gasteiger partial charge in [0.2, 0.25) is 11.8 Å². The van der Waals surface area contributed by atoms with Gasteiger partial charge in [-0.3, -0.25) is 9.59 Å². The number of hydrogen-bond acceptors (Lipinski definition) is 4. The van der Waals surface area contributed by atoms with Crippen LogP contribution >= 0.6 is 11.6 Å². The van der Waals surface area contributed by atoms with Crippen molar-refractivity contribution in [3.63, 3.8) is 0 Å². The number of benzene rings is 2. The topological polar surface area (TPSA) is 96.5 Å². The molecule has 0 spiro atoms. The lowest BCUT2D eigenvalue weighted by atomic mass is 10.1. The molecule has 2 rings (SSSR count). The third-order valence-corrected chi connectivity index (χ3v) is 4.67. The molecule has 0 fully saturated rings. The van der Waals surface area contributed by atoms with Gasteiger partial charge in [0.15, 0.2) is 0 Å². The maximum absolute atomic E-state index is 12.3. The van der Waals surface area contributed by atoms with Gasteiger partial charge in [0.05, 0.1) is 0 Å². The number of amides is 3. The molecule has 0 saturated heterocycles. The third kappa shape index (κ3) is 9.83. The van der Waals surface area contributed by atoms with Gasteiger partial charge in [-0.05, 0) is 56.5 Å². The summed E-state index contributed by atoms with van der Waals surface area (Å²) in [5, 5.41) is 8.87. The summed E-state index contributed by atoms with van der Waals surface area (Å²) in [6.45, 7) is 5.81. The van der Waals surface area contributed by atoms with Crippen LogP contribution in [0.1, 0.15) is 44.7 Å². The number of ether oxygens (including phenoxy) is 1. The van der Waals surface area contributed by atoms with Gasteiger partial charge < -0.3 is 20.7 Å². The lowest BCUT2D eigenvalue weighted by Gasteiger charge is -2.19. The second kappa shape index (κ2) is 12.1. The van der Waals surface area contributed by atoms with Crippen molar-refractivity contribution in [2.24, 2.45) is 0 Å². The van der Waals surface area contributed by atoms with Crippen LogP contribution in [0.15, 0.2) is 48.5 Å². The summed E-state index contributed by atoms with van der Waals surface area (Å²) in [5.74, 6) is -0.311. The lowest BCUT2D eigenvalue weighted by Crippen LogP contribution is -2.35. The van der Waals surface area contributed by atoms with Crippen LogP contribution in [0, 0.1) is 0 Å². The van der Waals surface area contributed by atoms with Crippen LogP contribution in [-0.2, 0) is 27.3 Å². The smallest absolute Gasteiger partial charge is 0.407 e. The van der Waals surface area contributed by atoms with Crippen molar-refractivity contribution in [1.82, 2.24) is 10.6 Å². The first-order valence-corrected chi connectivity index (χ1v) is 10.9. The predicted octanol–water partition coefficient (Wildman–Crippen LogP) is 4.44. The molecule has 0 atom stereocenters. The Hall–Kier alpha value is -3.06. The van der Waals surface area contributed by atoms with E-state index >= 15 is 0 Å². The fraction of sp³-hybridized carbons (Fsp3) is 0.375. The highest BCUT2D eigenvalue weighted by molar-refractivity contribution is 6.31. The molecule has 7 nitrogen and oxygen atoms in total. The highest BCUT2D eigenvalue weighted by Gasteiger charge is 2.15. The summed E-state index contributed by atoms with van der Waals surface area (Å²) in [4.78, 5) is 35.9. The van der Waals surface area contributed by atoms with Crippen molar-refractivity contribution in [3.8, 4) is 0 Å². The SMILES string of the molecule is CC(C)(C)OC(=O)NCCC(=O)NCc1cccc(NC(=O)CCc2ccccc2Cl)c1. The predicted molar refractivity (Wildman–Crippen MR) is 126 cm³/mol. The molecule has 3 amide bonds. The summed E-state index contributed by atoms with van der Waals surface area (Å²) >= 11 is 6.13. The highest BCUT2D eigenvalue weighted by atomic mass is 35.5. The normalized spacial score (nSPS) is 10.9. The van der Waals surface area contributed by atoms with Gasteiger partial charge in [-0.2, -0.15) is 0 Å².